The summed E-state index contributed by atoms with van der Waals surface area (Å²) in [6, 6.07) is 0. The Balaban J connectivity index is 4.15. The van der Waals surface area contributed by atoms with E-state index in [4.69, 9.17) is 18.9 Å². The maximum absolute atomic E-state index is 12.9. The molecule has 0 aliphatic carbocycles. The molecule has 0 heterocycles. The third kappa shape index (κ3) is 64.8. The number of carboxylic acids is 1. The fourth-order valence-corrected chi connectivity index (χ4v) is 8.79. The molecule has 9 heteroatoms. The van der Waals surface area contributed by atoms with Crippen LogP contribution < -0.4 is 5.11 Å². The number of aliphatic carboxylic acids is 1. The van der Waals surface area contributed by atoms with Gasteiger partial charge >= 0.3 is 11.9 Å². The zero-order valence-corrected chi connectivity index (χ0v) is 53.8. The Morgan fingerprint density at radius 1 is 0.373 bits per heavy atom. The zero-order valence-electron chi connectivity index (χ0n) is 53.8. The van der Waals surface area contributed by atoms with Crippen LogP contribution in [0, 0.1) is 0 Å². The molecule has 0 aliphatic heterocycles. The van der Waals surface area contributed by atoms with Crippen LogP contribution in [0.2, 0.25) is 0 Å². The van der Waals surface area contributed by atoms with Gasteiger partial charge in [0.25, 0.3) is 0 Å². The van der Waals surface area contributed by atoms with Crippen molar-refractivity contribution in [1.82, 2.24) is 0 Å². The van der Waals surface area contributed by atoms with E-state index >= 15 is 0 Å². The van der Waals surface area contributed by atoms with Gasteiger partial charge in [-0.1, -0.05) is 263 Å². The topological polar surface area (TPSA) is 111 Å². The number of carbonyl (C=O) groups is 3. The first-order valence-corrected chi connectivity index (χ1v) is 33.3. The molecule has 0 saturated carbocycles. The first-order valence-electron chi connectivity index (χ1n) is 33.3. The first-order chi connectivity index (χ1) is 40.6. The Morgan fingerprint density at radius 3 is 1.02 bits per heavy atom. The molecule has 0 fully saturated rings. The van der Waals surface area contributed by atoms with Crippen molar-refractivity contribution >= 4 is 17.9 Å². The van der Waals surface area contributed by atoms with Gasteiger partial charge in [0.2, 0.25) is 0 Å². The van der Waals surface area contributed by atoms with E-state index in [1.54, 1.807) is 0 Å². The standard InChI is InChI=1S/C74H123NO8/c1-6-8-10-12-14-16-18-20-22-24-26-27-28-29-30-31-32-33-34-35-36-37-38-39-40-41-42-43-44-45-47-49-51-53-55-57-59-61-63-65-72(77)83-70(69-82-74(73(78)79)80-67-66-75(3,4)5)68-81-71(76)64-62-60-58-56-54-52-50-48-46-25-23-21-19-17-15-13-11-9-7-2/h8,10,14-17,20-23,26-27,29-30,32-33,35-36,38-39,41-42,70,74H,6-7,9,11-13,18-19,24-25,28,31,34,37,40,43-69H2,1-5H3/b10-8-,16-14-,17-15-,22-20-,23-21-,27-26-,30-29-,33-32-,36-35-,39-38-,42-41-. The van der Waals surface area contributed by atoms with E-state index in [0.29, 0.717) is 17.4 Å². The maximum atomic E-state index is 12.9. The van der Waals surface area contributed by atoms with Crippen molar-refractivity contribution < 1.29 is 42.9 Å². The van der Waals surface area contributed by atoms with Gasteiger partial charge in [-0.2, -0.15) is 0 Å². The number of nitrogens with zero attached hydrogens (tertiary/aromatic N) is 1. The number of quaternary nitrogens is 1. The molecule has 2 atom stereocenters. The summed E-state index contributed by atoms with van der Waals surface area (Å²) in [5.41, 5.74) is 0. The normalized spacial score (nSPS) is 13.6. The van der Waals surface area contributed by atoms with Gasteiger partial charge in [0, 0.05) is 12.8 Å². The molecule has 83 heavy (non-hydrogen) atoms. The van der Waals surface area contributed by atoms with Crippen LogP contribution in [0.3, 0.4) is 0 Å². The van der Waals surface area contributed by atoms with Crippen molar-refractivity contribution in [2.24, 2.45) is 0 Å². The minimum Gasteiger partial charge on any atom is -0.545 e. The van der Waals surface area contributed by atoms with E-state index < -0.39 is 24.3 Å². The zero-order chi connectivity index (χ0) is 60.5. The summed E-state index contributed by atoms with van der Waals surface area (Å²) in [5, 5.41) is 11.8. The smallest absolute Gasteiger partial charge is 0.306 e. The van der Waals surface area contributed by atoms with Crippen molar-refractivity contribution in [3.05, 3.63) is 134 Å². The molecule has 9 nitrogen and oxygen atoms in total. The minimum absolute atomic E-state index is 0.141. The largest absolute Gasteiger partial charge is 0.545 e. The van der Waals surface area contributed by atoms with E-state index in [1.807, 2.05) is 21.1 Å². The van der Waals surface area contributed by atoms with Crippen LogP contribution in [0.4, 0.5) is 0 Å². The summed E-state index contributed by atoms with van der Waals surface area (Å²) in [7, 11) is 5.92. The highest BCUT2D eigenvalue weighted by Crippen LogP contribution is 2.16. The first kappa shape index (κ1) is 78.4. The predicted octanol–water partition coefficient (Wildman–Crippen LogP) is 19.2. The molecule has 0 aromatic heterocycles. The number of carboxylic acid groups (broad SMARTS) is 1. The van der Waals surface area contributed by atoms with Crippen LogP contribution in [0.15, 0.2) is 134 Å². The molecule has 0 bridgehead atoms. The van der Waals surface area contributed by atoms with E-state index in [-0.39, 0.29) is 38.6 Å². The van der Waals surface area contributed by atoms with Gasteiger partial charge < -0.3 is 33.3 Å². The quantitative estimate of drug-likeness (QED) is 0.0195. The molecule has 0 radical (unpaired) electrons. The van der Waals surface area contributed by atoms with Gasteiger partial charge in [-0.15, -0.1) is 0 Å². The van der Waals surface area contributed by atoms with Gasteiger partial charge in [0.1, 0.15) is 13.2 Å². The van der Waals surface area contributed by atoms with Crippen LogP contribution in [0.25, 0.3) is 0 Å². The summed E-state index contributed by atoms with van der Waals surface area (Å²) in [6.07, 6.45) is 88.0. The van der Waals surface area contributed by atoms with E-state index in [1.165, 1.54) is 103 Å². The number of hydrogen-bond donors (Lipinski definition) is 0. The number of likely N-dealkylation sites (N-methyl/N-ethyl adjacent to an activating group) is 1. The number of esters is 2. The van der Waals surface area contributed by atoms with E-state index in [2.05, 4.69) is 148 Å². The highest BCUT2D eigenvalue weighted by molar-refractivity contribution is 5.70. The van der Waals surface area contributed by atoms with Crippen molar-refractivity contribution in [3.8, 4) is 0 Å². The fourth-order valence-electron chi connectivity index (χ4n) is 8.79. The average Bonchev–Trinajstić information content (AvgIpc) is 3.46. The summed E-state index contributed by atoms with van der Waals surface area (Å²) in [6.45, 7) is 4.60. The number of hydrogen-bond acceptors (Lipinski definition) is 8. The summed E-state index contributed by atoms with van der Waals surface area (Å²) in [4.78, 5) is 37.4. The molecule has 472 valence electrons. The number of rotatable bonds is 60. The maximum Gasteiger partial charge on any atom is 0.306 e. The molecule has 0 aliphatic rings. The Morgan fingerprint density at radius 2 is 0.687 bits per heavy atom. The Hall–Kier alpha value is -4.57. The van der Waals surface area contributed by atoms with Gasteiger partial charge in [0.15, 0.2) is 12.4 Å². The lowest BCUT2D eigenvalue weighted by Crippen LogP contribution is -2.44. The fraction of sp³-hybridized carbons (Fsp3) is 0.662. The van der Waals surface area contributed by atoms with Crippen LogP contribution in [-0.2, 0) is 33.3 Å². The van der Waals surface area contributed by atoms with Gasteiger partial charge in [-0.05, 0) is 116 Å². The average molecular weight is 1150 g/mol. The molecule has 0 saturated heterocycles. The monoisotopic (exact) mass is 1150 g/mol. The van der Waals surface area contributed by atoms with Crippen molar-refractivity contribution in [1.29, 1.82) is 0 Å². The van der Waals surface area contributed by atoms with Crippen LogP contribution >= 0.6 is 0 Å². The van der Waals surface area contributed by atoms with E-state index in [0.717, 1.165) is 122 Å². The van der Waals surface area contributed by atoms with Gasteiger partial charge in [0.05, 0.1) is 40.3 Å². The number of unbranched alkanes of at least 4 members (excludes halogenated alkanes) is 23. The number of ether oxygens (including phenoxy) is 4. The molecule has 0 spiro atoms. The lowest BCUT2D eigenvalue weighted by molar-refractivity contribution is -0.870. The third-order valence-corrected chi connectivity index (χ3v) is 13.9. The van der Waals surface area contributed by atoms with Crippen LogP contribution in [0.1, 0.15) is 258 Å². The third-order valence-electron chi connectivity index (χ3n) is 13.9. The molecule has 2 unspecified atom stereocenters. The number of carbonyl (C=O) groups excluding carboxylic acids is 3. The van der Waals surface area contributed by atoms with Gasteiger partial charge in [-0.25, -0.2) is 0 Å². The Kier molecular flexibility index (Phi) is 60.0. The van der Waals surface area contributed by atoms with Gasteiger partial charge in [-0.3, -0.25) is 9.59 Å². The van der Waals surface area contributed by atoms with E-state index in [9.17, 15) is 19.5 Å². The highest BCUT2D eigenvalue weighted by atomic mass is 16.7. The lowest BCUT2D eigenvalue weighted by Gasteiger charge is -2.26. The summed E-state index contributed by atoms with van der Waals surface area (Å²) < 4.78 is 22.7. The summed E-state index contributed by atoms with van der Waals surface area (Å²) >= 11 is 0. The second kappa shape index (κ2) is 63.5. The predicted molar refractivity (Wildman–Crippen MR) is 352 cm³/mol. The van der Waals surface area contributed by atoms with Crippen molar-refractivity contribution in [3.63, 3.8) is 0 Å². The minimum atomic E-state index is -1.63. The molecule has 0 rings (SSSR count). The molecule has 0 aromatic rings. The molecule has 0 amide bonds. The summed E-state index contributed by atoms with van der Waals surface area (Å²) in [5.74, 6) is -2.30. The van der Waals surface area contributed by atoms with Crippen LogP contribution in [0.5, 0.6) is 0 Å². The molecular formula is C74H123NO8. The lowest BCUT2D eigenvalue weighted by atomic mass is 10.0. The number of allylic oxidation sites excluding steroid dienone is 22. The molecule has 0 aromatic carbocycles. The van der Waals surface area contributed by atoms with Crippen molar-refractivity contribution in [2.45, 2.75) is 270 Å². The molecule has 0 N–H and O–H groups in total. The Labute approximate surface area is 509 Å². The SMILES string of the molecule is CC/C=C\C/C=C\C/C=C\C/C=C\C/C=C\C/C=C\C/C=C\C/C=C\C/C=C\CCCCCCCCCCCCCC(=O)OC(COC(=O)CCCCCCCCCCC/C=C\C/C=C\CCCCC)COC(OCC[N+](C)(C)C)C(=O)[O-]. The Bertz CT molecular complexity index is 1820. The second-order valence-corrected chi connectivity index (χ2v) is 23.0. The van der Waals surface area contributed by atoms with Crippen LogP contribution in [-0.4, -0.2) is 82.3 Å². The molecular weight excluding hydrogens is 1030 g/mol. The van der Waals surface area contributed by atoms with Crippen molar-refractivity contribution in [2.75, 3.05) is 47.5 Å². The second-order valence-electron chi connectivity index (χ2n) is 23.0. The highest BCUT2D eigenvalue weighted by Gasteiger charge is 2.22.